The molecule has 0 aliphatic rings. The van der Waals surface area contributed by atoms with E-state index in [-0.39, 0.29) is 0 Å². The predicted molar refractivity (Wildman–Crippen MR) is 111 cm³/mol. The van der Waals surface area contributed by atoms with E-state index in [0.717, 1.165) is 4.90 Å². The van der Waals surface area contributed by atoms with Crippen molar-refractivity contribution in [1.29, 1.82) is 0 Å². The average molecular weight is 403 g/mol. The summed E-state index contributed by atoms with van der Waals surface area (Å²) in [6.45, 7) is 0.431. The normalized spacial score (nSPS) is 10.5. The van der Waals surface area contributed by atoms with Gasteiger partial charge in [0, 0.05) is 26.8 Å². The van der Waals surface area contributed by atoms with Gasteiger partial charge in [-0.05, 0) is 53.8 Å². The molecule has 2 heterocycles. The van der Waals surface area contributed by atoms with Gasteiger partial charge in [-0.3, -0.25) is 9.59 Å². The Balaban J connectivity index is 1.49. The third-order valence-electron chi connectivity index (χ3n) is 3.69. The van der Waals surface area contributed by atoms with Gasteiger partial charge in [0.1, 0.15) is 0 Å². The third kappa shape index (κ3) is 4.75. The summed E-state index contributed by atoms with van der Waals surface area (Å²) in [5, 5.41) is 9.53. The van der Waals surface area contributed by atoms with Crippen LogP contribution < -0.4 is 10.6 Å². The summed E-state index contributed by atoms with van der Waals surface area (Å²) in [4.78, 5) is 27.4. The molecule has 2 amide bonds. The fraction of sp³-hybridized carbons (Fsp3) is 0.158. The molecule has 0 bridgehead atoms. The van der Waals surface area contributed by atoms with Gasteiger partial charge in [0.2, 0.25) is 0 Å². The van der Waals surface area contributed by atoms with Crippen LogP contribution >= 0.6 is 34.4 Å². The minimum absolute atomic E-state index is 0.431. The van der Waals surface area contributed by atoms with E-state index in [1.54, 1.807) is 28.7 Å². The Kier molecular flexibility index (Phi) is 6.49. The van der Waals surface area contributed by atoms with E-state index in [1.165, 1.54) is 27.1 Å². The molecule has 2 N–H and O–H groups in total. The molecule has 0 radical (unpaired) electrons. The lowest BCUT2D eigenvalue weighted by Gasteiger charge is -2.09. The van der Waals surface area contributed by atoms with Crippen LogP contribution in [0.2, 0.25) is 0 Å². The highest BCUT2D eigenvalue weighted by Gasteiger charge is 2.14. The van der Waals surface area contributed by atoms with Crippen LogP contribution in [0.5, 0.6) is 0 Å². The smallest absolute Gasteiger partial charge is 0.313 e. The van der Waals surface area contributed by atoms with Gasteiger partial charge in [0.05, 0.1) is 5.69 Å². The zero-order valence-corrected chi connectivity index (χ0v) is 16.6. The van der Waals surface area contributed by atoms with Crippen LogP contribution in [0.25, 0.3) is 10.4 Å². The van der Waals surface area contributed by atoms with Crippen LogP contribution in [0.4, 0.5) is 5.69 Å². The first-order valence-electron chi connectivity index (χ1n) is 8.01. The number of rotatable bonds is 6. The van der Waals surface area contributed by atoms with Crippen molar-refractivity contribution in [3.8, 4) is 10.4 Å². The molecule has 0 aliphatic carbocycles. The van der Waals surface area contributed by atoms with E-state index in [4.69, 9.17) is 0 Å². The van der Waals surface area contributed by atoms with Gasteiger partial charge < -0.3 is 10.6 Å². The molecule has 0 unspecified atom stereocenters. The number of thioether (sulfide) groups is 1. The highest BCUT2D eigenvalue weighted by atomic mass is 32.2. The van der Waals surface area contributed by atoms with Crippen molar-refractivity contribution in [3.05, 3.63) is 58.1 Å². The van der Waals surface area contributed by atoms with Gasteiger partial charge in [-0.1, -0.05) is 12.1 Å². The van der Waals surface area contributed by atoms with E-state index in [1.807, 2.05) is 24.5 Å². The fourth-order valence-electron chi connectivity index (χ4n) is 2.38. The Morgan fingerprint density at radius 1 is 1.08 bits per heavy atom. The Morgan fingerprint density at radius 3 is 2.69 bits per heavy atom. The van der Waals surface area contributed by atoms with Crippen LogP contribution in [0.15, 0.2) is 58.1 Å². The summed E-state index contributed by atoms with van der Waals surface area (Å²) in [7, 11) is 0. The molecule has 3 aromatic rings. The number of amides is 2. The SMILES string of the molecule is CSc1ccccc1NC(=O)C(=O)NCCc1ccc(-c2ccsc2)s1. The van der Waals surface area contributed by atoms with E-state index in [0.29, 0.717) is 18.7 Å². The van der Waals surface area contributed by atoms with Gasteiger partial charge >= 0.3 is 11.8 Å². The minimum Gasteiger partial charge on any atom is -0.347 e. The standard InChI is InChI=1S/C19H18N2O2S3/c1-24-17-5-3-2-4-15(17)21-19(23)18(22)20-10-8-14-6-7-16(26-14)13-9-11-25-12-13/h2-7,9,11-12H,8,10H2,1H3,(H,20,22)(H,21,23). The molecule has 0 saturated carbocycles. The summed E-state index contributed by atoms with van der Waals surface area (Å²) in [5.74, 6) is -1.26. The zero-order chi connectivity index (χ0) is 18.4. The number of thiophene rings is 2. The molecule has 134 valence electrons. The quantitative estimate of drug-likeness (QED) is 0.472. The van der Waals surface area contributed by atoms with E-state index in [9.17, 15) is 9.59 Å². The maximum Gasteiger partial charge on any atom is 0.313 e. The van der Waals surface area contributed by atoms with Crippen molar-refractivity contribution in [1.82, 2.24) is 5.32 Å². The first-order chi connectivity index (χ1) is 12.7. The van der Waals surface area contributed by atoms with Gasteiger partial charge in [-0.15, -0.1) is 23.1 Å². The summed E-state index contributed by atoms with van der Waals surface area (Å²) in [6, 6.07) is 13.7. The van der Waals surface area contributed by atoms with Gasteiger partial charge in [0.15, 0.2) is 0 Å². The largest absolute Gasteiger partial charge is 0.347 e. The minimum atomic E-state index is -0.642. The number of hydrogen-bond donors (Lipinski definition) is 2. The molecule has 7 heteroatoms. The van der Waals surface area contributed by atoms with Crippen LogP contribution in [-0.2, 0) is 16.0 Å². The van der Waals surface area contributed by atoms with Crippen LogP contribution in [0, 0.1) is 0 Å². The maximum absolute atomic E-state index is 12.1. The van der Waals surface area contributed by atoms with Crippen molar-refractivity contribution >= 4 is 51.9 Å². The number of anilines is 1. The lowest BCUT2D eigenvalue weighted by atomic mass is 10.3. The van der Waals surface area contributed by atoms with Gasteiger partial charge in [0.25, 0.3) is 0 Å². The highest BCUT2D eigenvalue weighted by molar-refractivity contribution is 7.98. The van der Waals surface area contributed by atoms with Crippen LogP contribution in [0.3, 0.4) is 0 Å². The van der Waals surface area contributed by atoms with Gasteiger partial charge in [-0.2, -0.15) is 11.3 Å². The third-order valence-corrected chi connectivity index (χ3v) is 6.36. The second-order valence-corrected chi connectivity index (χ2v) is 8.23. The average Bonchev–Trinajstić information content (AvgIpc) is 3.33. The molecule has 0 aliphatic heterocycles. The molecule has 26 heavy (non-hydrogen) atoms. The first kappa shape index (κ1) is 18.7. The monoisotopic (exact) mass is 402 g/mol. The van der Waals surface area contributed by atoms with E-state index >= 15 is 0 Å². The Hall–Kier alpha value is -2.09. The molecular formula is C19H18N2O2S3. The Bertz CT molecular complexity index is 888. The van der Waals surface area contributed by atoms with E-state index in [2.05, 4.69) is 39.6 Å². The molecule has 4 nitrogen and oxygen atoms in total. The number of nitrogens with one attached hydrogen (secondary N) is 2. The van der Waals surface area contributed by atoms with Crippen molar-refractivity contribution in [2.75, 3.05) is 18.1 Å². The molecule has 2 aromatic heterocycles. The molecule has 1 aromatic carbocycles. The fourth-order valence-corrected chi connectivity index (χ4v) is 4.67. The molecule has 0 spiro atoms. The number of hydrogen-bond acceptors (Lipinski definition) is 5. The van der Waals surface area contributed by atoms with Crippen LogP contribution in [0.1, 0.15) is 4.88 Å². The van der Waals surface area contributed by atoms with Crippen molar-refractivity contribution in [2.24, 2.45) is 0 Å². The topological polar surface area (TPSA) is 58.2 Å². The molecule has 0 atom stereocenters. The second kappa shape index (κ2) is 9.02. The molecule has 0 fully saturated rings. The van der Waals surface area contributed by atoms with E-state index < -0.39 is 11.8 Å². The summed E-state index contributed by atoms with van der Waals surface area (Å²) >= 11 is 4.91. The number of para-hydroxylation sites is 1. The Morgan fingerprint density at radius 2 is 1.92 bits per heavy atom. The maximum atomic E-state index is 12.1. The number of carbonyl (C=O) groups is 2. The Labute approximate surface area is 164 Å². The second-order valence-electron chi connectivity index (χ2n) is 5.44. The summed E-state index contributed by atoms with van der Waals surface area (Å²) < 4.78 is 0. The highest BCUT2D eigenvalue weighted by Crippen LogP contribution is 2.29. The molecule has 0 saturated heterocycles. The summed E-state index contributed by atoms with van der Waals surface area (Å²) in [5.41, 5.74) is 1.88. The molecular weight excluding hydrogens is 384 g/mol. The van der Waals surface area contributed by atoms with Crippen molar-refractivity contribution in [3.63, 3.8) is 0 Å². The molecule has 3 rings (SSSR count). The number of carbonyl (C=O) groups excluding carboxylic acids is 2. The van der Waals surface area contributed by atoms with Crippen molar-refractivity contribution < 1.29 is 9.59 Å². The van der Waals surface area contributed by atoms with Crippen LogP contribution in [-0.4, -0.2) is 24.6 Å². The predicted octanol–water partition coefficient (Wildman–Crippen LogP) is 4.50. The van der Waals surface area contributed by atoms with Gasteiger partial charge in [-0.25, -0.2) is 0 Å². The number of benzene rings is 1. The lowest BCUT2D eigenvalue weighted by Crippen LogP contribution is -2.36. The zero-order valence-electron chi connectivity index (χ0n) is 14.2. The van der Waals surface area contributed by atoms with Crippen molar-refractivity contribution in [2.45, 2.75) is 11.3 Å². The lowest BCUT2D eigenvalue weighted by molar-refractivity contribution is -0.136. The first-order valence-corrected chi connectivity index (χ1v) is 11.0. The summed E-state index contributed by atoms with van der Waals surface area (Å²) in [6.07, 6.45) is 2.63.